The SMILES string of the molecule is CCCC(CCC)[C@H](CC)OC(=O)NC(c1cccc(F)c1)c1cccc(OCCCCCCNC[C@H](O)c2ccc(O)c3[nH]c(=O)ccc23)c1. The number of carbonyl (C=O) groups is 1. The Balaban J connectivity index is 1.24. The molecule has 0 spiro atoms. The second-order valence-corrected chi connectivity index (χ2v) is 13.2. The maximum Gasteiger partial charge on any atom is 0.408 e. The number of benzene rings is 3. The fourth-order valence-electron chi connectivity index (χ4n) is 6.68. The number of unbranched alkanes of at least 4 members (excludes halogenated alkanes) is 3. The molecule has 1 unspecified atom stereocenters. The van der Waals surface area contributed by atoms with Gasteiger partial charge in [-0.1, -0.05) is 76.8 Å². The summed E-state index contributed by atoms with van der Waals surface area (Å²) in [5, 5.41) is 27.7. The molecule has 0 aliphatic heterocycles. The Hall–Kier alpha value is -4.41. The van der Waals surface area contributed by atoms with Crippen molar-refractivity contribution in [3.8, 4) is 11.5 Å². The molecule has 9 nitrogen and oxygen atoms in total. The van der Waals surface area contributed by atoms with Gasteiger partial charge in [0.15, 0.2) is 0 Å². The molecule has 0 saturated heterocycles. The number of phenols is 1. The van der Waals surface area contributed by atoms with Crippen LogP contribution in [0.4, 0.5) is 9.18 Å². The van der Waals surface area contributed by atoms with E-state index in [1.165, 1.54) is 24.3 Å². The molecule has 0 aliphatic rings. The molecule has 5 N–H and O–H groups in total. The molecule has 0 bridgehead atoms. The van der Waals surface area contributed by atoms with Crippen molar-refractivity contribution >= 4 is 17.0 Å². The van der Waals surface area contributed by atoms with E-state index in [2.05, 4.69) is 29.5 Å². The van der Waals surface area contributed by atoms with Gasteiger partial charge < -0.3 is 35.3 Å². The number of pyridine rings is 1. The number of H-pyrrole nitrogens is 1. The summed E-state index contributed by atoms with van der Waals surface area (Å²) in [5.74, 6) is 0.557. The Morgan fingerprint density at radius 1 is 0.902 bits per heavy atom. The molecular formula is C41H54FN3O6. The summed E-state index contributed by atoms with van der Waals surface area (Å²) in [6.07, 6.45) is 7.03. The molecule has 10 heteroatoms. The Morgan fingerprint density at radius 2 is 1.63 bits per heavy atom. The molecule has 3 atom stereocenters. The van der Waals surface area contributed by atoms with E-state index in [-0.39, 0.29) is 23.2 Å². The van der Waals surface area contributed by atoms with Crippen LogP contribution in [0.1, 0.15) is 107 Å². The second kappa shape index (κ2) is 20.4. The van der Waals surface area contributed by atoms with Crippen LogP contribution in [0, 0.1) is 11.7 Å². The number of aliphatic hydroxyl groups is 1. The summed E-state index contributed by atoms with van der Waals surface area (Å²) < 4.78 is 26.4. The fraction of sp³-hybridized carbons (Fsp3) is 0.463. The average molecular weight is 704 g/mol. The predicted octanol–water partition coefficient (Wildman–Crippen LogP) is 8.45. The molecule has 0 aliphatic carbocycles. The molecule has 276 valence electrons. The number of fused-ring (bicyclic) bond motifs is 1. The van der Waals surface area contributed by atoms with Crippen molar-refractivity contribution in [1.29, 1.82) is 0 Å². The van der Waals surface area contributed by atoms with Gasteiger partial charge in [-0.2, -0.15) is 0 Å². The van der Waals surface area contributed by atoms with Gasteiger partial charge in [0.1, 0.15) is 23.4 Å². The van der Waals surface area contributed by atoms with Crippen LogP contribution in [-0.4, -0.2) is 47.1 Å². The highest BCUT2D eigenvalue weighted by atomic mass is 19.1. The quantitative estimate of drug-likeness (QED) is 0.0550. The van der Waals surface area contributed by atoms with Crippen LogP contribution in [0.5, 0.6) is 11.5 Å². The number of aliphatic hydroxyl groups excluding tert-OH is 1. The van der Waals surface area contributed by atoms with Crippen LogP contribution in [0.25, 0.3) is 10.9 Å². The van der Waals surface area contributed by atoms with Gasteiger partial charge in [0.2, 0.25) is 5.56 Å². The molecule has 4 aromatic rings. The van der Waals surface area contributed by atoms with Crippen LogP contribution in [0.3, 0.4) is 0 Å². The zero-order valence-corrected chi connectivity index (χ0v) is 30.1. The first-order valence-corrected chi connectivity index (χ1v) is 18.4. The maximum absolute atomic E-state index is 14.3. The summed E-state index contributed by atoms with van der Waals surface area (Å²) >= 11 is 0. The van der Waals surface area contributed by atoms with Gasteiger partial charge in [0.25, 0.3) is 0 Å². The molecular weight excluding hydrogens is 649 g/mol. The maximum atomic E-state index is 14.3. The third-order valence-corrected chi connectivity index (χ3v) is 9.26. The molecule has 0 saturated carbocycles. The van der Waals surface area contributed by atoms with Crippen LogP contribution in [-0.2, 0) is 4.74 Å². The first-order chi connectivity index (χ1) is 24.7. The van der Waals surface area contributed by atoms with Crippen LogP contribution in [0.15, 0.2) is 77.6 Å². The highest BCUT2D eigenvalue weighted by Crippen LogP contribution is 2.30. The number of hydrogen-bond acceptors (Lipinski definition) is 7. The van der Waals surface area contributed by atoms with Crippen LogP contribution >= 0.6 is 0 Å². The monoisotopic (exact) mass is 703 g/mol. The van der Waals surface area contributed by atoms with Crippen LogP contribution in [0.2, 0.25) is 0 Å². The molecule has 4 rings (SSSR count). The lowest BCUT2D eigenvalue weighted by atomic mass is 9.91. The number of aromatic hydroxyl groups is 1. The van der Waals surface area contributed by atoms with E-state index in [0.717, 1.165) is 69.9 Å². The predicted molar refractivity (Wildman–Crippen MR) is 200 cm³/mol. The van der Waals surface area contributed by atoms with E-state index >= 15 is 0 Å². The van der Waals surface area contributed by atoms with Gasteiger partial charge in [-0.05, 0) is 97.7 Å². The molecule has 0 fully saturated rings. The van der Waals surface area contributed by atoms with Gasteiger partial charge >= 0.3 is 6.09 Å². The zero-order chi connectivity index (χ0) is 36.6. The van der Waals surface area contributed by atoms with Crippen molar-refractivity contribution in [1.82, 2.24) is 15.6 Å². The van der Waals surface area contributed by atoms with Gasteiger partial charge in [-0.3, -0.25) is 4.79 Å². The number of ether oxygens (including phenoxy) is 2. The zero-order valence-electron chi connectivity index (χ0n) is 30.1. The topological polar surface area (TPSA) is 133 Å². The minimum atomic E-state index is -0.790. The molecule has 1 aromatic heterocycles. The lowest BCUT2D eigenvalue weighted by Crippen LogP contribution is -2.35. The number of alkyl carbamates (subject to hydrolysis) is 1. The number of rotatable bonds is 21. The minimum absolute atomic E-state index is 0.0334. The lowest BCUT2D eigenvalue weighted by molar-refractivity contribution is 0.0509. The Kier molecular flexibility index (Phi) is 15.8. The molecule has 3 aromatic carbocycles. The normalized spacial score (nSPS) is 13.2. The standard InChI is InChI=1S/C41H54FN3O6/c1-4-13-28(14-5-2)37(6-3)51-41(49)45-39(29-15-11-17-31(42)25-29)30-16-12-18-32(26-30)50-24-10-8-7-9-23-43-27-36(47)33-19-21-35(46)40-34(33)20-22-38(48)44-40/h11-12,15-22,25-26,28,36-37,39,43,46-47H,4-10,13-14,23-24,27H2,1-3H3,(H,44,48)(H,45,49)/t36-,37-,39?/m0/s1. The smallest absolute Gasteiger partial charge is 0.408 e. The van der Waals surface area contributed by atoms with E-state index < -0.39 is 18.2 Å². The Morgan fingerprint density at radius 3 is 2.35 bits per heavy atom. The molecule has 1 amide bonds. The van der Waals surface area contributed by atoms with Crippen molar-refractivity contribution < 1.29 is 28.9 Å². The van der Waals surface area contributed by atoms with Gasteiger partial charge in [0.05, 0.1) is 24.3 Å². The molecule has 51 heavy (non-hydrogen) atoms. The number of hydrogen-bond donors (Lipinski definition) is 5. The molecule has 0 radical (unpaired) electrons. The number of carbonyl (C=O) groups excluding carboxylic acids is 1. The average Bonchev–Trinajstić information content (AvgIpc) is 3.12. The van der Waals surface area contributed by atoms with Gasteiger partial charge in [-0.15, -0.1) is 0 Å². The summed E-state index contributed by atoms with van der Waals surface area (Å²) in [5.41, 5.74) is 2.03. The third-order valence-electron chi connectivity index (χ3n) is 9.26. The van der Waals surface area contributed by atoms with E-state index in [4.69, 9.17) is 9.47 Å². The van der Waals surface area contributed by atoms with Crippen LogP contribution < -0.4 is 20.9 Å². The van der Waals surface area contributed by atoms with E-state index in [1.54, 1.807) is 24.3 Å². The first kappa shape index (κ1) is 39.4. The number of amides is 1. The Bertz CT molecular complexity index is 1720. The summed E-state index contributed by atoms with van der Waals surface area (Å²) in [4.78, 5) is 27.5. The highest BCUT2D eigenvalue weighted by molar-refractivity contribution is 5.87. The minimum Gasteiger partial charge on any atom is -0.506 e. The lowest BCUT2D eigenvalue weighted by Gasteiger charge is -2.27. The van der Waals surface area contributed by atoms with Crippen molar-refractivity contribution in [2.45, 2.75) is 96.8 Å². The Labute approximate surface area is 300 Å². The number of nitrogens with one attached hydrogen (secondary N) is 3. The van der Waals surface area contributed by atoms with Crippen molar-refractivity contribution in [3.63, 3.8) is 0 Å². The molecule has 1 heterocycles. The van der Waals surface area contributed by atoms with Crippen molar-refractivity contribution in [3.05, 3.63) is 106 Å². The largest absolute Gasteiger partial charge is 0.506 e. The number of aromatic nitrogens is 1. The number of halogens is 1. The van der Waals surface area contributed by atoms with E-state index in [9.17, 15) is 24.2 Å². The highest BCUT2D eigenvalue weighted by Gasteiger charge is 2.25. The second-order valence-electron chi connectivity index (χ2n) is 13.2. The van der Waals surface area contributed by atoms with Gasteiger partial charge in [-0.25, -0.2) is 9.18 Å². The summed E-state index contributed by atoms with van der Waals surface area (Å²) in [6.45, 7) is 7.94. The van der Waals surface area contributed by atoms with Crippen molar-refractivity contribution in [2.24, 2.45) is 5.92 Å². The number of phenolic OH excluding ortho intramolecular Hbond substituents is 1. The van der Waals surface area contributed by atoms with E-state index in [1.807, 2.05) is 31.2 Å². The van der Waals surface area contributed by atoms with E-state index in [0.29, 0.717) is 46.8 Å². The van der Waals surface area contributed by atoms with Crippen molar-refractivity contribution in [2.75, 3.05) is 19.7 Å². The van der Waals surface area contributed by atoms with Gasteiger partial charge in [0, 0.05) is 18.0 Å². The first-order valence-electron chi connectivity index (χ1n) is 18.4. The third kappa shape index (κ3) is 11.8. The number of aromatic amines is 1. The fourth-order valence-corrected chi connectivity index (χ4v) is 6.68. The summed E-state index contributed by atoms with van der Waals surface area (Å²) in [7, 11) is 0. The summed E-state index contributed by atoms with van der Waals surface area (Å²) in [6, 6.07) is 19.3.